The summed E-state index contributed by atoms with van der Waals surface area (Å²) < 4.78 is 37.7. The van der Waals surface area contributed by atoms with Gasteiger partial charge in [-0.1, -0.05) is 35.0 Å². The van der Waals surface area contributed by atoms with Crippen molar-refractivity contribution >= 4 is 51.7 Å². The highest BCUT2D eigenvalue weighted by Gasteiger charge is 2.37. The standard InChI is InChI=1S/C24H27Cl2F2N5O2S/c1-34-16-11-17(35-2)20(26)18(19(16)25)15-10-14-12-30-23(36-3)32-21(14)22(31-15)29-7-4-5-8-33-9-6-24(27,28)13-33/h10-12H,4-9,13H2,1-3H3,(H,29,31). The van der Waals surface area contributed by atoms with Crippen LogP contribution in [0.5, 0.6) is 11.5 Å². The molecule has 194 valence electrons. The molecule has 12 heteroatoms. The summed E-state index contributed by atoms with van der Waals surface area (Å²) in [7, 11) is 3.03. The topological polar surface area (TPSA) is 72.4 Å². The third-order valence-corrected chi connectivity index (χ3v) is 7.31. The number of hydrogen-bond donors (Lipinski definition) is 1. The van der Waals surface area contributed by atoms with Crippen LogP contribution in [0.1, 0.15) is 19.3 Å². The van der Waals surface area contributed by atoms with Crippen molar-refractivity contribution in [3.05, 3.63) is 28.4 Å². The van der Waals surface area contributed by atoms with Gasteiger partial charge in [-0.25, -0.2) is 23.7 Å². The summed E-state index contributed by atoms with van der Waals surface area (Å²) in [5.41, 5.74) is 1.65. The van der Waals surface area contributed by atoms with E-state index in [-0.39, 0.29) is 13.0 Å². The number of hydrogen-bond acceptors (Lipinski definition) is 8. The molecule has 3 heterocycles. The number of ether oxygens (including phenoxy) is 2. The van der Waals surface area contributed by atoms with Crippen LogP contribution < -0.4 is 14.8 Å². The molecule has 1 aromatic carbocycles. The summed E-state index contributed by atoms with van der Waals surface area (Å²) in [6, 6.07) is 3.45. The molecule has 1 aliphatic rings. The summed E-state index contributed by atoms with van der Waals surface area (Å²) in [6.07, 6.45) is 5.14. The Kier molecular flexibility index (Phi) is 8.59. The SMILES string of the molecule is COc1cc(OC)c(Cl)c(-c2cc3cnc(SC)nc3c(NCCCCN3CCC(F)(F)C3)n2)c1Cl. The van der Waals surface area contributed by atoms with E-state index in [4.69, 9.17) is 37.7 Å². The van der Waals surface area contributed by atoms with Gasteiger partial charge in [-0.2, -0.15) is 0 Å². The first-order chi connectivity index (χ1) is 17.3. The highest BCUT2D eigenvalue weighted by molar-refractivity contribution is 7.98. The number of likely N-dealkylation sites (tertiary alicyclic amines) is 1. The zero-order valence-corrected chi connectivity index (χ0v) is 22.5. The molecular weight excluding hydrogens is 531 g/mol. The number of nitrogens with zero attached hydrogens (tertiary/aromatic N) is 4. The Balaban J connectivity index is 1.61. The van der Waals surface area contributed by atoms with E-state index in [0.29, 0.717) is 68.9 Å². The molecule has 0 saturated carbocycles. The van der Waals surface area contributed by atoms with Crippen molar-refractivity contribution in [2.45, 2.75) is 30.3 Å². The second kappa shape index (κ2) is 11.5. The Morgan fingerprint density at radius 2 is 1.83 bits per heavy atom. The number of methoxy groups -OCH3 is 2. The predicted molar refractivity (Wildman–Crippen MR) is 141 cm³/mol. The van der Waals surface area contributed by atoms with Crippen LogP contribution in [0.3, 0.4) is 0 Å². The number of unbranched alkanes of at least 4 members (excludes halogenated alkanes) is 1. The smallest absolute Gasteiger partial charge is 0.261 e. The van der Waals surface area contributed by atoms with Gasteiger partial charge in [0.05, 0.1) is 36.5 Å². The van der Waals surface area contributed by atoms with Crippen LogP contribution in [0.15, 0.2) is 23.5 Å². The van der Waals surface area contributed by atoms with Crippen molar-refractivity contribution in [1.29, 1.82) is 0 Å². The molecule has 2 aromatic heterocycles. The average molecular weight is 558 g/mol. The summed E-state index contributed by atoms with van der Waals surface area (Å²) >= 11 is 14.7. The van der Waals surface area contributed by atoms with Crippen molar-refractivity contribution in [2.24, 2.45) is 0 Å². The third-order valence-electron chi connectivity index (χ3n) is 6.00. The quantitative estimate of drug-likeness (QED) is 0.177. The van der Waals surface area contributed by atoms with Crippen molar-refractivity contribution in [1.82, 2.24) is 19.9 Å². The van der Waals surface area contributed by atoms with Gasteiger partial charge in [0.25, 0.3) is 5.92 Å². The summed E-state index contributed by atoms with van der Waals surface area (Å²) in [5, 5.41) is 5.36. The molecule has 4 rings (SSSR count). The maximum absolute atomic E-state index is 13.4. The van der Waals surface area contributed by atoms with E-state index < -0.39 is 5.92 Å². The molecule has 0 amide bonds. The number of nitrogens with one attached hydrogen (secondary N) is 1. The van der Waals surface area contributed by atoms with Crippen LogP contribution in [-0.4, -0.2) is 72.4 Å². The molecule has 1 saturated heterocycles. The molecule has 1 fully saturated rings. The van der Waals surface area contributed by atoms with Gasteiger partial charge in [0, 0.05) is 42.7 Å². The average Bonchev–Trinajstić information content (AvgIpc) is 3.22. The lowest BCUT2D eigenvalue weighted by atomic mass is 10.1. The van der Waals surface area contributed by atoms with Crippen molar-refractivity contribution in [3.8, 4) is 22.8 Å². The number of pyridine rings is 1. The minimum atomic E-state index is -2.57. The Hall–Kier alpha value is -2.14. The predicted octanol–water partition coefficient (Wildman–Crippen LogP) is 6.27. The minimum absolute atomic E-state index is 0.0639. The molecule has 0 unspecified atom stereocenters. The molecule has 0 atom stereocenters. The van der Waals surface area contributed by atoms with E-state index in [1.165, 1.54) is 26.0 Å². The molecule has 1 N–H and O–H groups in total. The number of halogens is 4. The second-order valence-electron chi connectivity index (χ2n) is 8.45. The van der Waals surface area contributed by atoms with Crippen LogP contribution in [0.4, 0.5) is 14.6 Å². The molecule has 36 heavy (non-hydrogen) atoms. The monoisotopic (exact) mass is 557 g/mol. The molecule has 3 aromatic rings. The first kappa shape index (κ1) is 26.9. The summed E-state index contributed by atoms with van der Waals surface area (Å²) in [6.45, 7) is 1.51. The zero-order valence-electron chi connectivity index (χ0n) is 20.2. The maximum atomic E-state index is 13.4. The molecule has 0 bridgehead atoms. The van der Waals surface area contributed by atoms with Gasteiger partial charge < -0.3 is 14.8 Å². The number of fused-ring (bicyclic) bond motifs is 1. The Labute approximate surface area is 222 Å². The van der Waals surface area contributed by atoms with Crippen molar-refractivity contribution in [2.75, 3.05) is 52.0 Å². The van der Waals surface area contributed by atoms with Gasteiger partial charge in [0.2, 0.25) is 0 Å². The fraction of sp³-hybridized carbons (Fsp3) is 0.458. The zero-order chi connectivity index (χ0) is 25.9. The van der Waals surface area contributed by atoms with E-state index >= 15 is 0 Å². The molecule has 0 aliphatic carbocycles. The molecule has 1 aliphatic heterocycles. The van der Waals surface area contributed by atoms with E-state index in [1.807, 2.05) is 17.2 Å². The van der Waals surface area contributed by atoms with E-state index in [0.717, 1.165) is 18.2 Å². The largest absolute Gasteiger partial charge is 0.495 e. The van der Waals surface area contributed by atoms with Gasteiger partial charge in [-0.3, -0.25) is 4.90 Å². The Morgan fingerprint density at radius 1 is 1.11 bits per heavy atom. The maximum Gasteiger partial charge on any atom is 0.261 e. The van der Waals surface area contributed by atoms with E-state index in [2.05, 4.69) is 15.3 Å². The Bertz CT molecular complexity index is 1220. The van der Waals surface area contributed by atoms with Crippen LogP contribution >= 0.6 is 35.0 Å². The first-order valence-electron chi connectivity index (χ1n) is 11.4. The van der Waals surface area contributed by atoms with Gasteiger partial charge in [-0.15, -0.1) is 0 Å². The van der Waals surface area contributed by atoms with Crippen LogP contribution in [0, 0.1) is 0 Å². The lowest BCUT2D eigenvalue weighted by Gasteiger charge is -2.17. The van der Waals surface area contributed by atoms with Crippen molar-refractivity contribution < 1.29 is 18.3 Å². The minimum Gasteiger partial charge on any atom is -0.495 e. The van der Waals surface area contributed by atoms with Gasteiger partial charge >= 0.3 is 0 Å². The first-order valence-corrected chi connectivity index (χ1v) is 13.4. The number of thioether (sulfide) groups is 1. The summed E-state index contributed by atoms with van der Waals surface area (Å²) in [4.78, 5) is 15.7. The fourth-order valence-corrected chi connectivity index (χ4v) is 5.18. The number of aromatic nitrogens is 3. The summed E-state index contributed by atoms with van der Waals surface area (Å²) in [5.74, 6) is -1.19. The molecule has 7 nitrogen and oxygen atoms in total. The highest BCUT2D eigenvalue weighted by Crippen LogP contribution is 2.46. The second-order valence-corrected chi connectivity index (χ2v) is 9.98. The molecular formula is C24H27Cl2F2N5O2S. The third kappa shape index (κ3) is 5.88. The van der Waals surface area contributed by atoms with Crippen LogP contribution in [-0.2, 0) is 0 Å². The van der Waals surface area contributed by atoms with E-state index in [9.17, 15) is 8.78 Å². The van der Waals surface area contributed by atoms with Crippen molar-refractivity contribution in [3.63, 3.8) is 0 Å². The Morgan fingerprint density at radius 3 is 2.44 bits per heavy atom. The lowest BCUT2D eigenvalue weighted by molar-refractivity contribution is 0.0121. The van der Waals surface area contributed by atoms with Crippen LogP contribution in [0.25, 0.3) is 22.2 Å². The normalized spacial score (nSPS) is 15.4. The number of anilines is 1. The van der Waals surface area contributed by atoms with E-state index in [1.54, 1.807) is 12.3 Å². The van der Waals surface area contributed by atoms with Gasteiger partial charge in [0.15, 0.2) is 11.0 Å². The number of benzene rings is 1. The molecule has 0 spiro atoms. The lowest BCUT2D eigenvalue weighted by Crippen LogP contribution is -2.26. The van der Waals surface area contributed by atoms with Gasteiger partial charge in [-0.05, 0) is 31.7 Å². The molecule has 0 radical (unpaired) electrons. The number of rotatable bonds is 10. The fourth-order valence-electron chi connectivity index (χ4n) is 4.15. The van der Waals surface area contributed by atoms with Gasteiger partial charge in [0.1, 0.15) is 17.0 Å². The van der Waals surface area contributed by atoms with Crippen LogP contribution in [0.2, 0.25) is 10.0 Å². The number of alkyl halides is 2. The highest BCUT2D eigenvalue weighted by atomic mass is 35.5.